The Balaban J connectivity index is 1.78. The zero-order valence-corrected chi connectivity index (χ0v) is 17.0. The molecule has 0 aromatic heterocycles. The van der Waals surface area contributed by atoms with Gasteiger partial charge in [0.25, 0.3) is 5.91 Å². The van der Waals surface area contributed by atoms with Gasteiger partial charge in [-0.3, -0.25) is 4.79 Å². The summed E-state index contributed by atoms with van der Waals surface area (Å²) in [4.78, 5) is 25.3. The van der Waals surface area contributed by atoms with Gasteiger partial charge in [-0.15, -0.1) is 0 Å². The van der Waals surface area contributed by atoms with Gasteiger partial charge in [0, 0.05) is 30.1 Å². The molecule has 0 saturated carbocycles. The molecule has 2 aromatic carbocycles. The van der Waals surface area contributed by atoms with Gasteiger partial charge in [0.2, 0.25) is 0 Å². The molecule has 1 heterocycles. The van der Waals surface area contributed by atoms with Gasteiger partial charge < -0.3 is 19.5 Å². The first-order chi connectivity index (χ1) is 13.9. The number of amides is 1. The van der Waals surface area contributed by atoms with Gasteiger partial charge in [-0.1, -0.05) is 29.8 Å². The molecule has 1 atom stereocenters. The maximum Gasteiger partial charge on any atom is 0.341 e. The highest BCUT2D eigenvalue weighted by Gasteiger charge is 2.25. The molecule has 0 aliphatic carbocycles. The van der Waals surface area contributed by atoms with Crippen LogP contribution in [0.4, 0.5) is 0 Å². The lowest BCUT2D eigenvalue weighted by atomic mass is 10.0. The number of aliphatic carboxylic acids is 1. The number of carbonyl (C=O) groups excluding carboxylic acids is 1. The summed E-state index contributed by atoms with van der Waals surface area (Å²) in [6.45, 7) is 2.88. The van der Waals surface area contributed by atoms with E-state index in [-0.39, 0.29) is 5.91 Å². The highest BCUT2D eigenvalue weighted by Crippen LogP contribution is 2.29. The van der Waals surface area contributed by atoms with Crippen molar-refractivity contribution >= 4 is 23.5 Å². The molecule has 7 heteroatoms. The molecule has 1 fully saturated rings. The van der Waals surface area contributed by atoms with Crippen LogP contribution in [0.25, 0.3) is 0 Å². The van der Waals surface area contributed by atoms with E-state index in [1.807, 2.05) is 29.2 Å². The monoisotopic (exact) mass is 417 g/mol. The largest absolute Gasteiger partial charge is 0.482 e. The van der Waals surface area contributed by atoms with Crippen molar-refractivity contribution in [2.45, 2.75) is 32.3 Å². The standard InChI is InChI=1S/C22H24ClNO5/c1-15(22(27)24-10-4-5-11-24)29-20-7-3-2-6-16(20)12-17-13-18(23)8-9-19(17)28-14-21(25)26/h2-3,6-9,13,15H,4-5,10-12,14H2,1H3,(H,25,26)/t15-/m0/s1. The molecule has 0 bridgehead atoms. The fraction of sp³-hybridized carbons (Fsp3) is 0.364. The zero-order valence-electron chi connectivity index (χ0n) is 16.3. The lowest BCUT2D eigenvalue weighted by Gasteiger charge is -2.22. The number of halogens is 1. The lowest BCUT2D eigenvalue weighted by Crippen LogP contribution is -2.38. The SMILES string of the molecule is C[C@H](Oc1ccccc1Cc1cc(Cl)ccc1OCC(=O)O)C(=O)N1CCCC1. The molecule has 0 radical (unpaired) electrons. The topological polar surface area (TPSA) is 76.1 Å². The van der Waals surface area contributed by atoms with Crippen molar-refractivity contribution in [3.8, 4) is 11.5 Å². The van der Waals surface area contributed by atoms with Crippen molar-refractivity contribution in [2.75, 3.05) is 19.7 Å². The highest BCUT2D eigenvalue weighted by molar-refractivity contribution is 6.30. The Morgan fingerprint density at radius 3 is 2.55 bits per heavy atom. The average molecular weight is 418 g/mol. The number of benzene rings is 2. The third-order valence-corrected chi connectivity index (χ3v) is 5.03. The molecule has 154 valence electrons. The summed E-state index contributed by atoms with van der Waals surface area (Å²) in [5.41, 5.74) is 1.60. The molecule has 6 nitrogen and oxygen atoms in total. The summed E-state index contributed by atoms with van der Waals surface area (Å²) in [5, 5.41) is 9.41. The van der Waals surface area contributed by atoms with Gasteiger partial charge in [-0.25, -0.2) is 4.79 Å². The Labute approximate surface area is 175 Å². The van der Waals surface area contributed by atoms with Crippen LogP contribution in [0.15, 0.2) is 42.5 Å². The quantitative estimate of drug-likeness (QED) is 0.707. The number of likely N-dealkylation sites (tertiary alicyclic amines) is 1. The molecule has 1 N–H and O–H groups in total. The van der Waals surface area contributed by atoms with E-state index >= 15 is 0 Å². The maximum absolute atomic E-state index is 12.6. The van der Waals surface area contributed by atoms with E-state index in [9.17, 15) is 9.59 Å². The van der Waals surface area contributed by atoms with Crippen molar-refractivity contribution in [1.29, 1.82) is 0 Å². The van der Waals surface area contributed by atoms with E-state index in [1.54, 1.807) is 25.1 Å². The molecule has 29 heavy (non-hydrogen) atoms. The molecular weight excluding hydrogens is 394 g/mol. The second-order valence-electron chi connectivity index (χ2n) is 7.01. The Morgan fingerprint density at radius 2 is 1.83 bits per heavy atom. The molecule has 3 rings (SSSR count). The van der Waals surface area contributed by atoms with Crippen LogP contribution in [0.2, 0.25) is 5.02 Å². The van der Waals surface area contributed by atoms with Crippen molar-refractivity contribution in [2.24, 2.45) is 0 Å². The highest BCUT2D eigenvalue weighted by atomic mass is 35.5. The van der Waals surface area contributed by atoms with E-state index in [1.165, 1.54) is 0 Å². The number of carboxylic acids is 1. The second-order valence-corrected chi connectivity index (χ2v) is 7.45. The van der Waals surface area contributed by atoms with E-state index in [4.69, 9.17) is 26.2 Å². The first kappa shape index (κ1) is 21.0. The minimum atomic E-state index is -1.05. The number of carbonyl (C=O) groups is 2. The number of rotatable bonds is 8. The van der Waals surface area contributed by atoms with Crippen molar-refractivity contribution in [1.82, 2.24) is 4.90 Å². The van der Waals surface area contributed by atoms with E-state index in [0.717, 1.165) is 37.1 Å². The van der Waals surface area contributed by atoms with Gasteiger partial charge in [-0.05, 0) is 49.6 Å². The predicted octanol–water partition coefficient (Wildman–Crippen LogP) is 3.78. The molecule has 0 unspecified atom stereocenters. The van der Waals surface area contributed by atoms with Gasteiger partial charge in [-0.2, -0.15) is 0 Å². The molecule has 1 aliphatic heterocycles. The summed E-state index contributed by atoms with van der Waals surface area (Å²) in [6, 6.07) is 12.5. The lowest BCUT2D eigenvalue weighted by molar-refractivity contribution is -0.139. The van der Waals surface area contributed by atoms with Crippen molar-refractivity contribution in [3.05, 3.63) is 58.6 Å². The fourth-order valence-electron chi connectivity index (χ4n) is 3.37. The van der Waals surface area contributed by atoms with Crippen LogP contribution in [0.5, 0.6) is 11.5 Å². The van der Waals surface area contributed by atoms with Crippen LogP contribution in [0, 0.1) is 0 Å². The predicted molar refractivity (Wildman–Crippen MR) is 110 cm³/mol. The van der Waals surface area contributed by atoms with Crippen LogP contribution in [0.1, 0.15) is 30.9 Å². The molecule has 1 saturated heterocycles. The molecule has 0 spiro atoms. The molecule has 2 aromatic rings. The van der Waals surface area contributed by atoms with Crippen LogP contribution < -0.4 is 9.47 Å². The van der Waals surface area contributed by atoms with Crippen molar-refractivity contribution in [3.63, 3.8) is 0 Å². The van der Waals surface area contributed by atoms with E-state index < -0.39 is 18.7 Å². The van der Waals surface area contributed by atoms with Gasteiger partial charge in [0.1, 0.15) is 11.5 Å². The van der Waals surface area contributed by atoms with Crippen LogP contribution in [-0.2, 0) is 16.0 Å². The minimum absolute atomic E-state index is 0.00876. The first-order valence-corrected chi connectivity index (χ1v) is 9.98. The van der Waals surface area contributed by atoms with Gasteiger partial charge in [0.05, 0.1) is 0 Å². The Kier molecular flexibility index (Phi) is 6.99. The summed E-state index contributed by atoms with van der Waals surface area (Å²) in [5.74, 6) is -0.000996. The molecule has 1 aliphatic rings. The molecule has 1 amide bonds. The Hall–Kier alpha value is -2.73. The zero-order chi connectivity index (χ0) is 20.8. The summed E-state index contributed by atoms with van der Waals surface area (Å²) in [7, 11) is 0. The van der Waals surface area contributed by atoms with E-state index in [2.05, 4.69) is 0 Å². The summed E-state index contributed by atoms with van der Waals surface area (Å²) in [6.07, 6.45) is 1.90. The number of hydrogen-bond donors (Lipinski definition) is 1. The van der Waals surface area contributed by atoms with Crippen molar-refractivity contribution < 1.29 is 24.2 Å². The Morgan fingerprint density at radius 1 is 1.10 bits per heavy atom. The third kappa shape index (κ3) is 5.64. The summed E-state index contributed by atoms with van der Waals surface area (Å²) >= 11 is 6.13. The fourth-order valence-corrected chi connectivity index (χ4v) is 3.57. The number of hydrogen-bond acceptors (Lipinski definition) is 4. The molecular formula is C22H24ClNO5. The van der Waals surface area contributed by atoms with Crippen LogP contribution >= 0.6 is 11.6 Å². The number of nitrogens with zero attached hydrogens (tertiary/aromatic N) is 1. The smallest absolute Gasteiger partial charge is 0.341 e. The number of ether oxygens (including phenoxy) is 2. The number of para-hydroxylation sites is 1. The minimum Gasteiger partial charge on any atom is -0.482 e. The third-order valence-electron chi connectivity index (χ3n) is 4.80. The maximum atomic E-state index is 12.6. The average Bonchev–Trinajstić information content (AvgIpc) is 3.23. The van der Waals surface area contributed by atoms with Crippen LogP contribution in [0.3, 0.4) is 0 Å². The summed E-state index contributed by atoms with van der Waals surface area (Å²) < 4.78 is 11.4. The van der Waals surface area contributed by atoms with Gasteiger partial charge >= 0.3 is 5.97 Å². The van der Waals surface area contributed by atoms with Gasteiger partial charge in [0.15, 0.2) is 12.7 Å². The second kappa shape index (κ2) is 9.65. The van der Waals surface area contributed by atoms with Crippen LogP contribution in [-0.4, -0.2) is 47.7 Å². The first-order valence-electron chi connectivity index (χ1n) is 9.60. The normalized spacial score (nSPS) is 14.5. The number of carboxylic acid groups (broad SMARTS) is 1. The van der Waals surface area contributed by atoms with E-state index in [0.29, 0.717) is 22.9 Å². The Bertz CT molecular complexity index is 879.